The lowest BCUT2D eigenvalue weighted by atomic mass is 10.1. The molecule has 0 spiro atoms. The Hall–Kier alpha value is -1.93. The van der Waals surface area contributed by atoms with E-state index in [9.17, 15) is 9.18 Å². The monoisotopic (exact) mass is 336 g/mol. The predicted molar refractivity (Wildman–Crippen MR) is 85.4 cm³/mol. The van der Waals surface area contributed by atoms with Crippen molar-refractivity contribution in [2.24, 2.45) is 0 Å². The van der Waals surface area contributed by atoms with E-state index in [4.69, 9.17) is 4.74 Å². The van der Waals surface area contributed by atoms with Crippen molar-refractivity contribution in [2.45, 2.75) is 33.0 Å². The molecule has 1 aliphatic rings. The lowest BCUT2D eigenvalue weighted by molar-refractivity contribution is -0.00554. The van der Waals surface area contributed by atoms with Crippen LogP contribution in [0.1, 0.15) is 29.2 Å². The third kappa shape index (κ3) is 3.23. The van der Waals surface area contributed by atoms with Crippen molar-refractivity contribution in [1.29, 1.82) is 0 Å². The molecule has 8 heteroatoms. The largest absolute Gasteiger partial charge is 0.372 e. The van der Waals surface area contributed by atoms with E-state index in [1.807, 2.05) is 18.7 Å². The molecule has 0 aliphatic carbocycles. The van der Waals surface area contributed by atoms with Crippen LogP contribution in [0.2, 0.25) is 0 Å². The Balaban J connectivity index is 2.02. The lowest BCUT2D eigenvalue weighted by Crippen LogP contribution is -2.46. The van der Waals surface area contributed by atoms with Gasteiger partial charge in [0.1, 0.15) is 10.8 Å². The Morgan fingerprint density at radius 3 is 2.61 bits per heavy atom. The number of halogens is 1. The molecule has 0 saturated carbocycles. The minimum absolute atomic E-state index is 0.00592. The first kappa shape index (κ1) is 15.9. The molecule has 2 aromatic heterocycles. The average molecular weight is 336 g/mol. The second-order valence-corrected chi connectivity index (χ2v) is 6.83. The minimum atomic E-state index is -0.645. The van der Waals surface area contributed by atoms with Crippen molar-refractivity contribution >= 4 is 23.4 Å². The van der Waals surface area contributed by atoms with Crippen LogP contribution in [0.15, 0.2) is 6.07 Å². The molecule has 3 rings (SSSR count). The van der Waals surface area contributed by atoms with Crippen LogP contribution in [-0.4, -0.2) is 46.8 Å². The van der Waals surface area contributed by atoms with Gasteiger partial charge in [0.15, 0.2) is 11.3 Å². The number of nitrogens with zero attached hydrogens (tertiary/aromatic N) is 4. The van der Waals surface area contributed by atoms with Gasteiger partial charge in [-0.1, -0.05) is 11.3 Å². The van der Waals surface area contributed by atoms with Gasteiger partial charge in [0.2, 0.25) is 5.95 Å². The fourth-order valence-corrected chi connectivity index (χ4v) is 3.44. The second kappa shape index (κ2) is 6.29. The van der Waals surface area contributed by atoms with Crippen LogP contribution in [0.25, 0.3) is 10.6 Å². The molecule has 0 N–H and O–H groups in total. The Labute approximate surface area is 137 Å². The molecule has 0 bridgehead atoms. The van der Waals surface area contributed by atoms with E-state index in [0.717, 1.165) is 5.01 Å². The number of hydrogen-bond donors (Lipinski definition) is 0. The summed E-state index contributed by atoms with van der Waals surface area (Å²) in [6.45, 7) is 6.80. The molecule has 2 atom stereocenters. The highest BCUT2D eigenvalue weighted by Gasteiger charge is 2.26. The van der Waals surface area contributed by atoms with E-state index < -0.39 is 5.95 Å². The molecule has 122 valence electrons. The van der Waals surface area contributed by atoms with Gasteiger partial charge in [-0.15, -0.1) is 10.2 Å². The Morgan fingerprint density at radius 1 is 1.35 bits per heavy atom. The van der Waals surface area contributed by atoms with Gasteiger partial charge >= 0.3 is 0 Å². The van der Waals surface area contributed by atoms with Crippen LogP contribution in [0.4, 0.5) is 10.2 Å². The van der Waals surface area contributed by atoms with Gasteiger partial charge < -0.3 is 9.64 Å². The summed E-state index contributed by atoms with van der Waals surface area (Å²) in [6, 6.07) is 1.50. The highest BCUT2D eigenvalue weighted by Crippen LogP contribution is 2.30. The first-order valence-corrected chi connectivity index (χ1v) is 8.16. The smallest absolute Gasteiger partial charge is 0.225 e. The molecule has 23 heavy (non-hydrogen) atoms. The average Bonchev–Trinajstić information content (AvgIpc) is 2.92. The van der Waals surface area contributed by atoms with Crippen molar-refractivity contribution in [1.82, 2.24) is 15.2 Å². The third-order valence-electron chi connectivity index (χ3n) is 3.59. The van der Waals surface area contributed by atoms with E-state index in [1.165, 1.54) is 17.4 Å². The number of rotatable bonds is 3. The molecule has 6 nitrogen and oxygen atoms in total. The number of ether oxygens (including phenoxy) is 1. The molecule has 1 saturated heterocycles. The molecule has 2 aromatic rings. The Bertz CT molecular complexity index is 726. The van der Waals surface area contributed by atoms with Crippen LogP contribution >= 0.6 is 11.3 Å². The standard InChI is InChI=1S/C15H17FN4O2S/c1-8-5-20(6-9(2)22-8)14-11(7-21)4-12(13(16)17-14)15-19-18-10(3)23-15/h4,7-9H,5-6H2,1-3H3. The number of pyridine rings is 1. The maximum absolute atomic E-state index is 14.5. The number of aldehydes is 1. The van der Waals surface area contributed by atoms with Crippen LogP contribution in [0, 0.1) is 12.9 Å². The number of hydrogen-bond acceptors (Lipinski definition) is 7. The third-order valence-corrected chi connectivity index (χ3v) is 4.46. The molecule has 2 unspecified atom stereocenters. The maximum atomic E-state index is 14.5. The summed E-state index contributed by atoms with van der Waals surface area (Å²) in [5.74, 6) is -0.293. The Morgan fingerprint density at radius 2 is 2.04 bits per heavy atom. The fourth-order valence-electron chi connectivity index (χ4n) is 2.74. The number of morpholine rings is 1. The van der Waals surface area contributed by atoms with Gasteiger partial charge in [-0.05, 0) is 26.8 Å². The zero-order chi connectivity index (χ0) is 16.6. The van der Waals surface area contributed by atoms with E-state index >= 15 is 0 Å². The van der Waals surface area contributed by atoms with Crippen molar-refractivity contribution in [3.8, 4) is 10.6 Å². The van der Waals surface area contributed by atoms with Crippen LogP contribution in [-0.2, 0) is 4.74 Å². The first-order valence-electron chi connectivity index (χ1n) is 7.34. The van der Waals surface area contributed by atoms with Gasteiger partial charge in [0.05, 0.1) is 23.3 Å². The summed E-state index contributed by atoms with van der Waals surface area (Å²) < 4.78 is 20.1. The topological polar surface area (TPSA) is 68.2 Å². The summed E-state index contributed by atoms with van der Waals surface area (Å²) in [4.78, 5) is 17.4. The van der Waals surface area contributed by atoms with Gasteiger partial charge in [-0.25, -0.2) is 4.98 Å². The van der Waals surface area contributed by atoms with Crippen LogP contribution in [0.3, 0.4) is 0 Å². The van der Waals surface area contributed by atoms with Gasteiger partial charge in [-0.2, -0.15) is 4.39 Å². The second-order valence-electron chi connectivity index (χ2n) is 5.65. The highest BCUT2D eigenvalue weighted by atomic mass is 32.1. The molecular formula is C15H17FN4O2S. The lowest BCUT2D eigenvalue weighted by Gasteiger charge is -2.36. The Kier molecular flexibility index (Phi) is 4.36. The fraction of sp³-hybridized carbons (Fsp3) is 0.467. The van der Waals surface area contributed by atoms with Crippen molar-refractivity contribution in [3.63, 3.8) is 0 Å². The molecule has 1 fully saturated rings. The zero-order valence-corrected chi connectivity index (χ0v) is 13.9. The van der Waals surface area contributed by atoms with E-state index in [2.05, 4.69) is 15.2 Å². The molecule has 3 heterocycles. The SMILES string of the molecule is Cc1nnc(-c2cc(C=O)c(N3CC(C)OC(C)C3)nc2F)s1. The van der Waals surface area contributed by atoms with E-state index in [1.54, 1.807) is 6.92 Å². The number of carbonyl (C=O) groups excluding carboxylic acids is 1. The molecule has 1 aliphatic heterocycles. The molecule has 0 amide bonds. The van der Waals surface area contributed by atoms with Gasteiger partial charge in [0.25, 0.3) is 0 Å². The van der Waals surface area contributed by atoms with Crippen molar-refractivity contribution in [3.05, 3.63) is 22.6 Å². The first-order chi connectivity index (χ1) is 11.0. The van der Waals surface area contributed by atoms with Crippen molar-refractivity contribution in [2.75, 3.05) is 18.0 Å². The van der Waals surface area contributed by atoms with Crippen molar-refractivity contribution < 1.29 is 13.9 Å². The van der Waals surface area contributed by atoms with E-state index in [0.29, 0.717) is 35.8 Å². The van der Waals surface area contributed by atoms with Gasteiger partial charge in [-0.3, -0.25) is 4.79 Å². The maximum Gasteiger partial charge on any atom is 0.225 e. The summed E-state index contributed by atoms with van der Waals surface area (Å²) in [5, 5.41) is 8.96. The molecule has 0 radical (unpaired) electrons. The summed E-state index contributed by atoms with van der Waals surface area (Å²) >= 11 is 1.26. The number of aryl methyl sites for hydroxylation is 1. The minimum Gasteiger partial charge on any atom is -0.372 e. The van der Waals surface area contributed by atoms with Crippen LogP contribution < -0.4 is 4.90 Å². The normalized spacial score (nSPS) is 21.5. The molecular weight excluding hydrogens is 319 g/mol. The predicted octanol–water partition coefficient (Wildman–Crippen LogP) is 2.47. The van der Waals surface area contributed by atoms with E-state index in [-0.39, 0.29) is 17.8 Å². The summed E-state index contributed by atoms with van der Waals surface area (Å²) in [5.41, 5.74) is 0.548. The van der Waals surface area contributed by atoms with Gasteiger partial charge in [0, 0.05) is 13.1 Å². The summed E-state index contributed by atoms with van der Waals surface area (Å²) in [7, 11) is 0. The number of aromatic nitrogens is 3. The molecule has 0 aromatic carbocycles. The number of carbonyl (C=O) groups is 1. The van der Waals surface area contributed by atoms with Crippen LogP contribution in [0.5, 0.6) is 0 Å². The summed E-state index contributed by atoms with van der Waals surface area (Å²) in [6.07, 6.45) is 0.687. The number of anilines is 1. The quantitative estimate of drug-likeness (QED) is 0.633. The highest BCUT2D eigenvalue weighted by molar-refractivity contribution is 7.14. The zero-order valence-electron chi connectivity index (χ0n) is 13.1.